The van der Waals surface area contributed by atoms with Gasteiger partial charge in [-0.25, -0.2) is 4.79 Å². The van der Waals surface area contributed by atoms with E-state index in [1.165, 1.54) is 0 Å². The molecule has 0 spiro atoms. The second-order valence-electron chi connectivity index (χ2n) is 4.43. The Bertz CT molecular complexity index is 264. The summed E-state index contributed by atoms with van der Waals surface area (Å²) >= 11 is 0. The molecule has 2 aliphatic rings. The summed E-state index contributed by atoms with van der Waals surface area (Å²) in [6.45, 7) is 8.43. The normalized spacial score (nSPS) is 24.5. The van der Waals surface area contributed by atoms with Gasteiger partial charge in [0.25, 0.3) is 0 Å². The first kappa shape index (κ1) is 11.7. The van der Waals surface area contributed by atoms with Crippen LogP contribution in [0.1, 0.15) is 20.3 Å². The minimum Gasteiger partial charge on any atom is -0.348 e. The molecule has 5 nitrogen and oxygen atoms in total. The van der Waals surface area contributed by atoms with Crippen LogP contribution < -0.4 is 0 Å². The lowest BCUT2D eigenvalue weighted by molar-refractivity contribution is -0.147. The Morgan fingerprint density at radius 3 is 2.44 bits per heavy atom. The SMILES string of the molecule is CCN1CCN(CCC2(C)OCCO2)C1=O. The highest BCUT2D eigenvalue weighted by Crippen LogP contribution is 2.23. The van der Waals surface area contributed by atoms with Gasteiger partial charge < -0.3 is 19.3 Å². The number of hydrogen-bond donors (Lipinski definition) is 0. The maximum atomic E-state index is 11.8. The third kappa shape index (κ3) is 2.30. The molecule has 2 fully saturated rings. The van der Waals surface area contributed by atoms with E-state index >= 15 is 0 Å². The predicted molar refractivity (Wildman–Crippen MR) is 59.1 cm³/mol. The summed E-state index contributed by atoms with van der Waals surface area (Å²) < 4.78 is 11.0. The molecule has 0 unspecified atom stereocenters. The smallest absolute Gasteiger partial charge is 0.320 e. The highest BCUT2D eigenvalue weighted by atomic mass is 16.7. The Morgan fingerprint density at radius 2 is 1.88 bits per heavy atom. The number of likely N-dealkylation sites (N-methyl/N-ethyl adjacent to an activating group) is 1. The number of rotatable bonds is 4. The van der Waals surface area contributed by atoms with Crippen molar-refractivity contribution in [3.05, 3.63) is 0 Å². The van der Waals surface area contributed by atoms with Crippen LogP contribution in [0, 0.1) is 0 Å². The first-order chi connectivity index (χ1) is 7.64. The van der Waals surface area contributed by atoms with Gasteiger partial charge in [-0.1, -0.05) is 0 Å². The van der Waals surface area contributed by atoms with Crippen LogP contribution in [0.3, 0.4) is 0 Å². The zero-order valence-corrected chi connectivity index (χ0v) is 10.1. The van der Waals surface area contributed by atoms with Crippen LogP contribution in [0.2, 0.25) is 0 Å². The topological polar surface area (TPSA) is 42.0 Å². The van der Waals surface area contributed by atoms with Crippen molar-refractivity contribution in [1.29, 1.82) is 0 Å². The van der Waals surface area contributed by atoms with E-state index in [9.17, 15) is 4.79 Å². The third-order valence-corrected chi connectivity index (χ3v) is 3.30. The van der Waals surface area contributed by atoms with E-state index in [4.69, 9.17) is 9.47 Å². The summed E-state index contributed by atoms with van der Waals surface area (Å²) in [4.78, 5) is 15.6. The summed E-state index contributed by atoms with van der Waals surface area (Å²) in [5, 5.41) is 0. The monoisotopic (exact) mass is 228 g/mol. The predicted octanol–water partition coefficient (Wildman–Crippen LogP) is 0.897. The molecule has 0 bridgehead atoms. The minimum absolute atomic E-state index is 0.143. The lowest BCUT2D eigenvalue weighted by Gasteiger charge is -2.25. The van der Waals surface area contributed by atoms with Gasteiger partial charge in [0.05, 0.1) is 13.2 Å². The number of carbonyl (C=O) groups is 1. The largest absolute Gasteiger partial charge is 0.348 e. The van der Waals surface area contributed by atoms with E-state index in [-0.39, 0.29) is 6.03 Å². The van der Waals surface area contributed by atoms with E-state index in [1.54, 1.807) is 0 Å². The molecule has 5 heteroatoms. The first-order valence-corrected chi connectivity index (χ1v) is 5.96. The standard InChI is InChI=1S/C11H20N2O3/c1-3-12-6-7-13(10(12)14)5-4-11(2)15-8-9-16-11/h3-9H2,1-2H3. The molecule has 0 N–H and O–H groups in total. The average Bonchev–Trinajstić information content (AvgIpc) is 2.84. The van der Waals surface area contributed by atoms with Crippen LogP contribution in [0.4, 0.5) is 4.79 Å². The quantitative estimate of drug-likeness (QED) is 0.718. The molecule has 2 aliphatic heterocycles. The Kier molecular flexibility index (Phi) is 3.35. The highest BCUT2D eigenvalue weighted by Gasteiger charge is 2.34. The minimum atomic E-state index is -0.486. The second-order valence-corrected chi connectivity index (χ2v) is 4.43. The maximum Gasteiger partial charge on any atom is 0.320 e. The van der Waals surface area contributed by atoms with Crippen molar-refractivity contribution in [3.63, 3.8) is 0 Å². The fraction of sp³-hybridized carbons (Fsp3) is 0.909. The lowest BCUT2D eigenvalue weighted by Crippen LogP contribution is -2.36. The second kappa shape index (κ2) is 4.59. The third-order valence-electron chi connectivity index (χ3n) is 3.30. The van der Waals surface area contributed by atoms with Gasteiger partial charge in [0.2, 0.25) is 0 Å². The molecule has 2 saturated heterocycles. The van der Waals surface area contributed by atoms with E-state index in [1.807, 2.05) is 23.6 Å². The maximum absolute atomic E-state index is 11.8. The van der Waals surface area contributed by atoms with Gasteiger partial charge in [0.1, 0.15) is 0 Å². The Labute approximate surface area is 96.3 Å². The van der Waals surface area contributed by atoms with Crippen LogP contribution in [-0.2, 0) is 9.47 Å². The lowest BCUT2D eigenvalue weighted by atomic mass is 10.2. The van der Waals surface area contributed by atoms with Gasteiger partial charge in [-0.3, -0.25) is 0 Å². The molecule has 0 aliphatic carbocycles. The average molecular weight is 228 g/mol. The van der Waals surface area contributed by atoms with Gasteiger partial charge in [0, 0.05) is 32.6 Å². The van der Waals surface area contributed by atoms with Gasteiger partial charge in [-0.05, 0) is 13.8 Å². The van der Waals surface area contributed by atoms with Gasteiger partial charge in [-0.2, -0.15) is 0 Å². The van der Waals surface area contributed by atoms with Crippen LogP contribution in [0.5, 0.6) is 0 Å². The molecule has 0 atom stereocenters. The number of carbonyl (C=O) groups excluding carboxylic acids is 1. The molecule has 2 heterocycles. The molecule has 0 aromatic carbocycles. The Morgan fingerprint density at radius 1 is 1.25 bits per heavy atom. The van der Waals surface area contributed by atoms with Crippen LogP contribution >= 0.6 is 0 Å². The fourth-order valence-corrected chi connectivity index (χ4v) is 2.17. The van der Waals surface area contributed by atoms with Gasteiger partial charge >= 0.3 is 6.03 Å². The molecule has 2 rings (SSSR count). The van der Waals surface area contributed by atoms with Crippen molar-refractivity contribution in [2.45, 2.75) is 26.1 Å². The summed E-state index contributed by atoms with van der Waals surface area (Å²) in [5.74, 6) is -0.486. The molecule has 0 radical (unpaired) electrons. The van der Waals surface area contributed by atoms with Crippen molar-refractivity contribution in [2.75, 3.05) is 39.4 Å². The molecule has 2 amide bonds. The van der Waals surface area contributed by atoms with Crippen molar-refractivity contribution >= 4 is 6.03 Å². The van der Waals surface area contributed by atoms with E-state index in [0.717, 1.165) is 26.1 Å². The molecule has 16 heavy (non-hydrogen) atoms. The molecular weight excluding hydrogens is 208 g/mol. The van der Waals surface area contributed by atoms with Crippen LogP contribution in [0.15, 0.2) is 0 Å². The molecule has 0 saturated carbocycles. The number of amides is 2. The summed E-state index contributed by atoms with van der Waals surface area (Å²) in [5.41, 5.74) is 0. The van der Waals surface area contributed by atoms with Gasteiger partial charge in [-0.15, -0.1) is 0 Å². The zero-order valence-electron chi connectivity index (χ0n) is 10.1. The summed E-state index contributed by atoms with van der Waals surface area (Å²) in [7, 11) is 0. The van der Waals surface area contributed by atoms with Crippen LogP contribution in [-0.4, -0.2) is 61.0 Å². The molecule has 92 valence electrons. The Balaban J connectivity index is 1.80. The highest BCUT2D eigenvalue weighted by molar-refractivity contribution is 5.76. The first-order valence-electron chi connectivity index (χ1n) is 5.96. The van der Waals surface area contributed by atoms with Crippen molar-refractivity contribution < 1.29 is 14.3 Å². The number of urea groups is 1. The molecule has 0 aromatic heterocycles. The van der Waals surface area contributed by atoms with Crippen molar-refractivity contribution in [2.24, 2.45) is 0 Å². The summed E-state index contributed by atoms with van der Waals surface area (Å²) in [6, 6.07) is 0.143. The summed E-state index contributed by atoms with van der Waals surface area (Å²) in [6.07, 6.45) is 0.746. The van der Waals surface area contributed by atoms with Crippen molar-refractivity contribution in [3.8, 4) is 0 Å². The molecular formula is C11H20N2O3. The molecule has 0 aromatic rings. The van der Waals surface area contributed by atoms with E-state index < -0.39 is 5.79 Å². The number of ether oxygens (including phenoxy) is 2. The van der Waals surface area contributed by atoms with E-state index in [0.29, 0.717) is 19.8 Å². The van der Waals surface area contributed by atoms with Gasteiger partial charge in [0.15, 0.2) is 5.79 Å². The number of hydrogen-bond acceptors (Lipinski definition) is 3. The van der Waals surface area contributed by atoms with Crippen LogP contribution in [0.25, 0.3) is 0 Å². The fourth-order valence-electron chi connectivity index (χ4n) is 2.17. The van der Waals surface area contributed by atoms with Crippen molar-refractivity contribution in [1.82, 2.24) is 9.80 Å². The van der Waals surface area contributed by atoms with E-state index in [2.05, 4.69) is 0 Å². The number of nitrogens with zero attached hydrogens (tertiary/aromatic N) is 2. The Hall–Kier alpha value is -0.810. The zero-order chi connectivity index (χ0) is 11.6.